The average molecular weight is 322 g/mol. The molecule has 0 saturated carbocycles. The van der Waals surface area contributed by atoms with Crippen molar-refractivity contribution in [1.82, 2.24) is 20.0 Å². The Morgan fingerprint density at radius 2 is 2.30 bits per heavy atom. The van der Waals surface area contributed by atoms with Crippen LogP contribution >= 0.6 is 0 Å². The molecule has 130 valence electrons. The summed E-state index contributed by atoms with van der Waals surface area (Å²) in [6.45, 7) is 10.6. The molecule has 1 atom stereocenters. The molecule has 1 aliphatic rings. The van der Waals surface area contributed by atoms with Crippen molar-refractivity contribution in [3.05, 3.63) is 17.5 Å². The van der Waals surface area contributed by atoms with E-state index in [9.17, 15) is 9.90 Å². The van der Waals surface area contributed by atoms with Gasteiger partial charge < -0.3 is 15.3 Å². The van der Waals surface area contributed by atoms with Crippen LogP contribution in [-0.4, -0.2) is 58.5 Å². The van der Waals surface area contributed by atoms with Gasteiger partial charge in [-0.1, -0.05) is 13.8 Å². The molecular formula is C17H30N4O2. The minimum Gasteiger partial charge on any atom is -0.396 e. The first-order valence-electron chi connectivity index (χ1n) is 8.74. The fourth-order valence-corrected chi connectivity index (χ4v) is 3.06. The van der Waals surface area contributed by atoms with E-state index in [2.05, 4.69) is 29.2 Å². The van der Waals surface area contributed by atoms with Gasteiger partial charge >= 0.3 is 0 Å². The number of rotatable bonds is 7. The predicted octanol–water partition coefficient (Wildman–Crippen LogP) is 1.46. The molecule has 23 heavy (non-hydrogen) atoms. The Labute approximate surface area is 138 Å². The molecule has 1 saturated heterocycles. The van der Waals surface area contributed by atoms with Gasteiger partial charge in [0, 0.05) is 32.8 Å². The summed E-state index contributed by atoms with van der Waals surface area (Å²) in [5.74, 6) is 0.648. The number of likely N-dealkylation sites (tertiary alicyclic amines) is 1. The molecule has 1 aromatic rings. The van der Waals surface area contributed by atoms with E-state index in [1.165, 1.54) is 0 Å². The molecule has 0 aromatic carbocycles. The van der Waals surface area contributed by atoms with Crippen LogP contribution in [-0.2, 0) is 6.54 Å². The smallest absolute Gasteiger partial charge is 0.269 e. The quantitative estimate of drug-likeness (QED) is 0.797. The predicted molar refractivity (Wildman–Crippen MR) is 90.6 cm³/mol. The van der Waals surface area contributed by atoms with E-state index in [1.54, 1.807) is 4.68 Å². The Morgan fingerprint density at radius 1 is 1.52 bits per heavy atom. The van der Waals surface area contributed by atoms with Gasteiger partial charge in [-0.2, -0.15) is 5.10 Å². The van der Waals surface area contributed by atoms with Gasteiger partial charge in [-0.15, -0.1) is 0 Å². The molecule has 1 unspecified atom stereocenters. The number of piperidine rings is 1. The maximum atomic E-state index is 12.4. The first-order valence-corrected chi connectivity index (χ1v) is 8.74. The second-order valence-electron chi connectivity index (χ2n) is 6.67. The van der Waals surface area contributed by atoms with E-state index < -0.39 is 0 Å². The molecule has 1 aromatic heterocycles. The van der Waals surface area contributed by atoms with Crippen molar-refractivity contribution in [2.45, 2.75) is 46.1 Å². The van der Waals surface area contributed by atoms with Crippen molar-refractivity contribution in [2.75, 3.05) is 32.8 Å². The van der Waals surface area contributed by atoms with E-state index in [4.69, 9.17) is 0 Å². The summed E-state index contributed by atoms with van der Waals surface area (Å²) < 4.78 is 1.77. The zero-order valence-electron chi connectivity index (χ0n) is 14.6. The Morgan fingerprint density at radius 3 is 2.96 bits per heavy atom. The highest BCUT2D eigenvalue weighted by Crippen LogP contribution is 2.16. The zero-order chi connectivity index (χ0) is 16.8. The molecule has 0 bridgehead atoms. The van der Waals surface area contributed by atoms with E-state index in [-0.39, 0.29) is 12.5 Å². The number of aryl methyl sites for hydroxylation is 1. The van der Waals surface area contributed by atoms with E-state index >= 15 is 0 Å². The largest absolute Gasteiger partial charge is 0.396 e. The van der Waals surface area contributed by atoms with Crippen molar-refractivity contribution in [2.24, 2.45) is 5.92 Å². The molecule has 6 nitrogen and oxygen atoms in total. The molecular weight excluding hydrogens is 292 g/mol. The number of nitrogens with zero attached hydrogens (tertiary/aromatic N) is 3. The Balaban J connectivity index is 1.85. The molecule has 2 rings (SSSR count). The lowest BCUT2D eigenvalue weighted by Gasteiger charge is -2.31. The van der Waals surface area contributed by atoms with Crippen LogP contribution < -0.4 is 5.32 Å². The normalized spacial score (nSPS) is 19.3. The second-order valence-corrected chi connectivity index (χ2v) is 6.67. The van der Waals surface area contributed by atoms with Gasteiger partial charge in [-0.3, -0.25) is 9.48 Å². The minimum absolute atomic E-state index is 0.0537. The summed E-state index contributed by atoms with van der Waals surface area (Å²) in [6, 6.07) is 1.90. The SMILES string of the molecule is CCn1nc(C(C)C)cc1C(=O)NCCN1CCCC(CO)C1. The summed E-state index contributed by atoms with van der Waals surface area (Å²) in [6.07, 6.45) is 2.23. The summed E-state index contributed by atoms with van der Waals surface area (Å²) >= 11 is 0. The van der Waals surface area contributed by atoms with Crippen molar-refractivity contribution in [3.63, 3.8) is 0 Å². The van der Waals surface area contributed by atoms with Gasteiger partial charge in [0.15, 0.2) is 0 Å². The third-order valence-corrected chi connectivity index (χ3v) is 4.50. The number of aromatic nitrogens is 2. The highest BCUT2D eigenvalue weighted by Gasteiger charge is 2.20. The molecule has 6 heteroatoms. The Bertz CT molecular complexity index is 513. The van der Waals surface area contributed by atoms with Crippen LogP contribution in [0.15, 0.2) is 6.07 Å². The van der Waals surface area contributed by atoms with Gasteiger partial charge in [0.05, 0.1) is 5.69 Å². The van der Waals surface area contributed by atoms with E-state index in [1.807, 2.05) is 13.0 Å². The van der Waals surface area contributed by atoms with Gasteiger partial charge in [0.25, 0.3) is 5.91 Å². The number of hydrogen-bond acceptors (Lipinski definition) is 4. The Kier molecular flexibility index (Phi) is 6.59. The lowest BCUT2D eigenvalue weighted by Crippen LogP contribution is -2.41. The standard InChI is InChI=1S/C17H30N4O2/c1-4-21-16(10-15(19-21)13(2)3)17(23)18-7-9-20-8-5-6-14(11-20)12-22/h10,13-14,22H,4-9,11-12H2,1-3H3,(H,18,23). The maximum absolute atomic E-state index is 12.4. The molecule has 1 fully saturated rings. The third kappa shape index (κ3) is 4.78. The van der Waals surface area contributed by atoms with Gasteiger partial charge in [0.2, 0.25) is 0 Å². The Hall–Kier alpha value is -1.40. The van der Waals surface area contributed by atoms with Crippen molar-refractivity contribution in [3.8, 4) is 0 Å². The highest BCUT2D eigenvalue weighted by atomic mass is 16.3. The number of hydrogen-bond donors (Lipinski definition) is 2. The molecule has 0 aliphatic carbocycles. The van der Waals surface area contributed by atoms with Crippen molar-refractivity contribution < 1.29 is 9.90 Å². The fourth-order valence-electron chi connectivity index (χ4n) is 3.06. The van der Waals surface area contributed by atoms with Gasteiger partial charge in [-0.25, -0.2) is 0 Å². The number of carbonyl (C=O) groups excluding carboxylic acids is 1. The monoisotopic (exact) mass is 322 g/mol. The molecule has 1 amide bonds. The number of aliphatic hydroxyl groups excluding tert-OH is 1. The summed E-state index contributed by atoms with van der Waals surface area (Å²) in [4.78, 5) is 14.7. The van der Waals surface area contributed by atoms with Crippen LogP contribution in [0.3, 0.4) is 0 Å². The van der Waals surface area contributed by atoms with Crippen LogP contribution in [0.5, 0.6) is 0 Å². The summed E-state index contributed by atoms with van der Waals surface area (Å²) in [7, 11) is 0. The van der Waals surface area contributed by atoms with Crippen molar-refractivity contribution >= 4 is 5.91 Å². The number of carbonyl (C=O) groups is 1. The third-order valence-electron chi connectivity index (χ3n) is 4.50. The van der Waals surface area contributed by atoms with E-state index in [0.29, 0.717) is 30.6 Å². The van der Waals surface area contributed by atoms with Crippen molar-refractivity contribution in [1.29, 1.82) is 0 Å². The first-order chi connectivity index (χ1) is 11.0. The van der Waals surface area contributed by atoms with Gasteiger partial charge in [-0.05, 0) is 44.2 Å². The highest BCUT2D eigenvalue weighted by molar-refractivity contribution is 5.92. The number of aliphatic hydroxyl groups is 1. The maximum Gasteiger partial charge on any atom is 0.269 e. The van der Waals surface area contributed by atoms with Crippen LogP contribution in [0.4, 0.5) is 0 Å². The number of amides is 1. The van der Waals surface area contributed by atoms with E-state index in [0.717, 1.165) is 38.2 Å². The molecule has 2 N–H and O–H groups in total. The van der Waals surface area contributed by atoms with Crippen LogP contribution in [0.1, 0.15) is 55.7 Å². The van der Waals surface area contributed by atoms with Crippen LogP contribution in [0.25, 0.3) is 0 Å². The zero-order valence-corrected chi connectivity index (χ0v) is 14.6. The lowest BCUT2D eigenvalue weighted by atomic mass is 9.99. The van der Waals surface area contributed by atoms with Crippen LogP contribution in [0.2, 0.25) is 0 Å². The molecule has 2 heterocycles. The molecule has 0 spiro atoms. The fraction of sp³-hybridized carbons (Fsp3) is 0.765. The lowest BCUT2D eigenvalue weighted by molar-refractivity contribution is 0.0920. The van der Waals surface area contributed by atoms with Crippen LogP contribution in [0, 0.1) is 5.92 Å². The summed E-state index contributed by atoms with van der Waals surface area (Å²) in [5.41, 5.74) is 1.60. The average Bonchev–Trinajstić information content (AvgIpc) is 2.99. The number of nitrogens with one attached hydrogen (secondary N) is 1. The minimum atomic E-state index is -0.0537. The van der Waals surface area contributed by atoms with Gasteiger partial charge in [0.1, 0.15) is 5.69 Å². The topological polar surface area (TPSA) is 70.4 Å². The second kappa shape index (κ2) is 8.45. The molecule has 0 radical (unpaired) electrons. The molecule has 1 aliphatic heterocycles. The first kappa shape index (κ1) is 17.9. The summed E-state index contributed by atoms with van der Waals surface area (Å²) in [5, 5.41) is 16.8.